The van der Waals surface area contributed by atoms with Gasteiger partial charge in [0.2, 0.25) is 10.0 Å². The number of piperazine rings is 1. The second kappa shape index (κ2) is 7.01. The number of benzene rings is 2. The Morgan fingerprint density at radius 1 is 1.04 bits per heavy atom. The van der Waals surface area contributed by atoms with E-state index >= 15 is 0 Å². The summed E-state index contributed by atoms with van der Waals surface area (Å²) in [4.78, 5) is 14.4. The molecule has 1 heterocycles. The van der Waals surface area contributed by atoms with Gasteiger partial charge in [-0.25, -0.2) is 8.42 Å². The van der Waals surface area contributed by atoms with Gasteiger partial charge < -0.3 is 9.64 Å². The van der Waals surface area contributed by atoms with Gasteiger partial charge in [0.1, 0.15) is 5.75 Å². The molecule has 6 nitrogen and oxygen atoms in total. The number of fused-ring (bicyclic) bond motifs is 1. The molecule has 1 saturated heterocycles. The second-order valence-electron chi connectivity index (χ2n) is 6.02. The maximum Gasteiger partial charge on any atom is 0.253 e. The minimum atomic E-state index is -3.19. The Hall–Kier alpha value is -2.12. The van der Waals surface area contributed by atoms with Crippen LogP contribution in [0.15, 0.2) is 36.4 Å². The molecule has 2 aromatic rings. The predicted octanol–water partition coefficient (Wildman–Crippen LogP) is 1.96. The number of methoxy groups -OCH3 is 1. The van der Waals surface area contributed by atoms with Crippen LogP contribution in [0.1, 0.15) is 17.3 Å². The summed E-state index contributed by atoms with van der Waals surface area (Å²) < 4.78 is 30.5. The monoisotopic (exact) mass is 362 g/mol. The topological polar surface area (TPSA) is 66.9 Å². The van der Waals surface area contributed by atoms with E-state index in [9.17, 15) is 13.2 Å². The first-order valence-electron chi connectivity index (χ1n) is 8.29. The quantitative estimate of drug-likeness (QED) is 0.834. The van der Waals surface area contributed by atoms with E-state index in [2.05, 4.69) is 0 Å². The van der Waals surface area contributed by atoms with E-state index in [4.69, 9.17) is 4.74 Å². The number of hydrogen-bond acceptors (Lipinski definition) is 4. The molecule has 134 valence electrons. The van der Waals surface area contributed by atoms with Gasteiger partial charge in [-0.1, -0.05) is 12.1 Å². The molecule has 7 heteroatoms. The van der Waals surface area contributed by atoms with Crippen molar-refractivity contribution in [1.29, 1.82) is 0 Å². The van der Waals surface area contributed by atoms with Crippen LogP contribution in [-0.4, -0.2) is 62.6 Å². The van der Waals surface area contributed by atoms with E-state index < -0.39 is 10.0 Å². The molecular weight excluding hydrogens is 340 g/mol. The lowest BCUT2D eigenvalue weighted by Gasteiger charge is -2.33. The first-order chi connectivity index (χ1) is 11.9. The molecule has 0 unspecified atom stereocenters. The standard InChI is InChI=1S/C18H22N2O4S/c1-3-25(22,23)20-10-8-19(9-11-20)18(21)16-5-4-15-13-17(24-2)7-6-14(15)12-16/h4-7,12-13H,3,8-11H2,1-2H3. The van der Waals surface area contributed by atoms with Gasteiger partial charge in [-0.3, -0.25) is 4.79 Å². The molecule has 1 fully saturated rings. The van der Waals surface area contributed by atoms with Gasteiger partial charge in [0.25, 0.3) is 5.91 Å². The fourth-order valence-corrected chi connectivity index (χ4v) is 4.10. The summed E-state index contributed by atoms with van der Waals surface area (Å²) in [6.45, 7) is 3.17. The lowest BCUT2D eigenvalue weighted by Crippen LogP contribution is -2.50. The fraction of sp³-hybridized carbons (Fsp3) is 0.389. The second-order valence-corrected chi connectivity index (χ2v) is 8.28. The van der Waals surface area contributed by atoms with Crippen molar-refractivity contribution in [1.82, 2.24) is 9.21 Å². The molecule has 3 rings (SSSR count). The smallest absolute Gasteiger partial charge is 0.253 e. The van der Waals surface area contributed by atoms with Gasteiger partial charge in [-0.2, -0.15) is 4.31 Å². The van der Waals surface area contributed by atoms with Gasteiger partial charge in [0, 0.05) is 31.7 Å². The average molecular weight is 362 g/mol. The van der Waals surface area contributed by atoms with Crippen LogP contribution in [0.4, 0.5) is 0 Å². The Balaban J connectivity index is 1.74. The molecule has 0 aliphatic carbocycles. The third kappa shape index (κ3) is 3.62. The van der Waals surface area contributed by atoms with E-state index in [1.807, 2.05) is 30.3 Å². The molecule has 0 N–H and O–H groups in total. The number of carbonyl (C=O) groups is 1. The molecule has 0 atom stereocenters. The van der Waals surface area contributed by atoms with Gasteiger partial charge in [-0.05, 0) is 42.0 Å². The highest BCUT2D eigenvalue weighted by Gasteiger charge is 2.28. The zero-order valence-electron chi connectivity index (χ0n) is 14.4. The number of rotatable bonds is 4. The SMILES string of the molecule is CCS(=O)(=O)N1CCN(C(=O)c2ccc3cc(OC)ccc3c2)CC1. The third-order valence-corrected chi connectivity index (χ3v) is 6.46. The van der Waals surface area contributed by atoms with Crippen LogP contribution >= 0.6 is 0 Å². The summed E-state index contributed by atoms with van der Waals surface area (Å²) in [6.07, 6.45) is 0. The highest BCUT2D eigenvalue weighted by atomic mass is 32.2. The number of hydrogen-bond donors (Lipinski definition) is 0. The summed E-state index contributed by atoms with van der Waals surface area (Å²) in [5.41, 5.74) is 0.615. The number of nitrogens with zero attached hydrogens (tertiary/aromatic N) is 2. The van der Waals surface area contributed by atoms with Gasteiger partial charge >= 0.3 is 0 Å². The van der Waals surface area contributed by atoms with Crippen molar-refractivity contribution in [3.05, 3.63) is 42.0 Å². The molecule has 0 radical (unpaired) electrons. The number of carbonyl (C=O) groups excluding carboxylic acids is 1. The zero-order chi connectivity index (χ0) is 18.0. The lowest BCUT2D eigenvalue weighted by atomic mass is 10.1. The summed E-state index contributed by atoms with van der Waals surface area (Å²) in [5.74, 6) is 0.806. The number of sulfonamides is 1. The maximum atomic E-state index is 12.7. The first-order valence-corrected chi connectivity index (χ1v) is 9.90. The molecule has 25 heavy (non-hydrogen) atoms. The van der Waals surface area contributed by atoms with Crippen molar-refractivity contribution in [3.63, 3.8) is 0 Å². The number of ether oxygens (including phenoxy) is 1. The van der Waals surface area contributed by atoms with Crippen LogP contribution < -0.4 is 4.74 Å². The highest BCUT2D eigenvalue weighted by Crippen LogP contribution is 2.23. The maximum absolute atomic E-state index is 12.7. The van der Waals surface area contributed by atoms with E-state index in [1.54, 1.807) is 25.0 Å². The van der Waals surface area contributed by atoms with E-state index in [1.165, 1.54) is 4.31 Å². The molecule has 1 amide bonds. The predicted molar refractivity (Wildman–Crippen MR) is 97.4 cm³/mol. The van der Waals surface area contributed by atoms with E-state index in [-0.39, 0.29) is 11.7 Å². The summed E-state index contributed by atoms with van der Waals surface area (Å²) >= 11 is 0. The summed E-state index contributed by atoms with van der Waals surface area (Å²) in [7, 11) is -1.56. The Labute approximate surface area is 148 Å². The van der Waals surface area contributed by atoms with Crippen molar-refractivity contribution >= 4 is 26.7 Å². The largest absolute Gasteiger partial charge is 0.497 e. The van der Waals surface area contributed by atoms with E-state index in [0.29, 0.717) is 31.7 Å². The normalized spacial score (nSPS) is 16.2. The van der Waals surface area contributed by atoms with E-state index in [0.717, 1.165) is 16.5 Å². The highest BCUT2D eigenvalue weighted by molar-refractivity contribution is 7.89. The third-order valence-electron chi connectivity index (χ3n) is 4.58. The first kappa shape index (κ1) is 17.7. The Morgan fingerprint density at radius 3 is 2.32 bits per heavy atom. The van der Waals surface area contributed by atoms with Crippen LogP contribution in [0.5, 0.6) is 5.75 Å². The lowest BCUT2D eigenvalue weighted by molar-refractivity contribution is 0.0698. The van der Waals surface area contributed by atoms with Gasteiger partial charge in [-0.15, -0.1) is 0 Å². The van der Waals surface area contributed by atoms with Crippen LogP contribution in [0, 0.1) is 0 Å². The van der Waals surface area contributed by atoms with Crippen LogP contribution in [0.3, 0.4) is 0 Å². The Kier molecular flexibility index (Phi) is 4.96. The molecular formula is C18H22N2O4S. The van der Waals surface area contributed by atoms with Crippen LogP contribution in [0.2, 0.25) is 0 Å². The van der Waals surface area contributed by atoms with Crippen molar-refractivity contribution in [2.75, 3.05) is 39.0 Å². The Bertz CT molecular complexity index is 887. The molecule has 1 aliphatic rings. The van der Waals surface area contributed by atoms with Crippen LogP contribution in [0.25, 0.3) is 10.8 Å². The Morgan fingerprint density at radius 2 is 1.68 bits per heavy atom. The molecule has 0 saturated carbocycles. The van der Waals surface area contributed by atoms with Gasteiger partial charge in [0.15, 0.2) is 0 Å². The summed E-state index contributed by atoms with van der Waals surface area (Å²) in [6, 6.07) is 11.3. The van der Waals surface area contributed by atoms with Crippen molar-refractivity contribution in [3.8, 4) is 5.75 Å². The molecule has 1 aliphatic heterocycles. The minimum absolute atomic E-state index is 0.0636. The van der Waals surface area contributed by atoms with Gasteiger partial charge in [0.05, 0.1) is 12.9 Å². The summed E-state index contributed by atoms with van der Waals surface area (Å²) in [5, 5.41) is 1.98. The minimum Gasteiger partial charge on any atom is -0.497 e. The average Bonchev–Trinajstić information content (AvgIpc) is 2.66. The number of amides is 1. The fourth-order valence-electron chi connectivity index (χ4n) is 3.02. The molecule has 0 spiro atoms. The molecule has 0 bridgehead atoms. The van der Waals surface area contributed by atoms with Crippen molar-refractivity contribution in [2.45, 2.75) is 6.92 Å². The van der Waals surface area contributed by atoms with Crippen molar-refractivity contribution in [2.24, 2.45) is 0 Å². The molecule has 0 aromatic heterocycles. The molecule has 2 aromatic carbocycles. The zero-order valence-corrected chi connectivity index (χ0v) is 15.3. The van der Waals surface area contributed by atoms with Crippen LogP contribution in [-0.2, 0) is 10.0 Å². The van der Waals surface area contributed by atoms with Crippen molar-refractivity contribution < 1.29 is 17.9 Å².